The summed E-state index contributed by atoms with van der Waals surface area (Å²) in [5.74, 6) is 0.104. The molecule has 3 aliphatic heterocycles. The van der Waals surface area contributed by atoms with Gasteiger partial charge in [0.25, 0.3) is 0 Å². The number of piperazine rings is 1. The Morgan fingerprint density at radius 3 is 2.33 bits per heavy atom. The Morgan fingerprint density at radius 2 is 1.64 bits per heavy atom. The molecule has 2 atom stereocenters. The van der Waals surface area contributed by atoms with Crippen LogP contribution in [0.3, 0.4) is 0 Å². The second kappa shape index (κ2) is 9.61. The molecule has 0 radical (unpaired) electrons. The first-order valence-corrected chi connectivity index (χ1v) is 12.2. The van der Waals surface area contributed by atoms with E-state index in [4.69, 9.17) is 4.74 Å². The molecular formula is C26H35N5O2. The molecule has 7 heteroatoms. The van der Waals surface area contributed by atoms with Crippen molar-refractivity contribution in [3.8, 4) is 0 Å². The minimum atomic E-state index is 0.104. The SMILES string of the molecule is CC(=O)N1c2ccc(N3CCNCC3)cc2[C@H](Nc2ccc(N3CCOCC3)cc2)C[C@@H]1C. The van der Waals surface area contributed by atoms with Crippen LogP contribution in [0.2, 0.25) is 0 Å². The van der Waals surface area contributed by atoms with Crippen molar-refractivity contribution in [1.29, 1.82) is 0 Å². The maximum atomic E-state index is 12.5. The third kappa shape index (κ3) is 4.66. The van der Waals surface area contributed by atoms with Crippen LogP contribution in [-0.2, 0) is 9.53 Å². The lowest BCUT2D eigenvalue weighted by Crippen LogP contribution is -2.44. The van der Waals surface area contributed by atoms with Crippen LogP contribution in [0.15, 0.2) is 42.5 Å². The zero-order valence-corrected chi connectivity index (χ0v) is 19.7. The van der Waals surface area contributed by atoms with Gasteiger partial charge >= 0.3 is 0 Å². The van der Waals surface area contributed by atoms with Crippen molar-refractivity contribution in [3.05, 3.63) is 48.0 Å². The molecule has 0 spiro atoms. The molecule has 0 aromatic heterocycles. The van der Waals surface area contributed by atoms with Crippen LogP contribution in [0.4, 0.5) is 22.7 Å². The van der Waals surface area contributed by atoms with Crippen molar-refractivity contribution in [2.24, 2.45) is 0 Å². The quantitative estimate of drug-likeness (QED) is 0.748. The highest BCUT2D eigenvalue weighted by molar-refractivity contribution is 5.94. The third-order valence-corrected chi connectivity index (χ3v) is 7.07. The number of rotatable bonds is 4. The van der Waals surface area contributed by atoms with Crippen molar-refractivity contribution in [3.63, 3.8) is 0 Å². The van der Waals surface area contributed by atoms with Gasteiger partial charge in [-0.1, -0.05) is 0 Å². The van der Waals surface area contributed by atoms with E-state index < -0.39 is 0 Å². The Hall–Kier alpha value is -2.77. The Morgan fingerprint density at radius 1 is 0.970 bits per heavy atom. The average molecular weight is 450 g/mol. The summed E-state index contributed by atoms with van der Waals surface area (Å²) in [5.41, 5.74) is 5.82. The lowest BCUT2D eigenvalue weighted by molar-refractivity contribution is -0.117. The molecule has 2 N–H and O–H groups in total. The molecule has 0 saturated carbocycles. The maximum absolute atomic E-state index is 12.5. The van der Waals surface area contributed by atoms with Gasteiger partial charge in [0.15, 0.2) is 0 Å². The van der Waals surface area contributed by atoms with E-state index in [1.165, 1.54) is 16.9 Å². The number of amides is 1. The van der Waals surface area contributed by atoms with E-state index in [-0.39, 0.29) is 18.0 Å². The molecule has 33 heavy (non-hydrogen) atoms. The van der Waals surface area contributed by atoms with E-state index in [1.54, 1.807) is 6.92 Å². The van der Waals surface area contributed by atoms with Crippen LogP contribution in [0.25, 0.3) is 0 Å². The van der Waals surface area contributed by atoms with Crippen LogP contribution >= 0.6 is 0 Å². The number of carbonyl (C=O) groups is 1. The van der Waals surface area contributed by atoms with E-state index >= 15 is 0 Å². The summed E-state index contributed by atoms with van der Waals surface area (Å²) >= 11 is 0. The highest BCUT2D eigenvalue weighted by Gasteiger charge is 2.33. The van der Waals surface area contributed by atoms with Gasteiger partial charge in [0.2, 0.25) is 5.91 Å². The van der Waals surface area contributed by atoms with Crippen LogP contribution in [0, 0.1) is 0 Å². The van der Waals surface area contributed by atoms with E-state index in [9.17, 15) is 4.79 Å². The monoisotopic (exact) mass is 449 g/mol. The van der Waals surface area contributed by atoms with Gasteiger partial charge in [0, 0.05) is 80.5 Å². The zero-order valence-electron chi connectivity index (χ0n) is 19.7. The summed E-state index contributed by atoms with van der Waals surface area (Å²) in [7, 11) is 0. The number of fused-ring (bicyclic) bond motifs is 1. The molecule has 0 bridgehead atoms. The summed E-state index contributed by atoms with van der Waals surface area (Å²) in [6.45, 7) is 11.3. The number of hydrogen-bond donors (Lipinski definition) is 2. The van der Waals surface area contributed by atoms with E-state index in [1.807, 2.05) is 4.90 Å². The van der Waals surface area contributed by atoms with E-state index in [0.29, 0.717) is 0 Å². The number of anilines is 4. The normalized spacial score (nSPS) is 23.3. The number of benzene rings is 2. The van der Waals surface area contributed by atoms with Gasteiger partial charge in [-0.25, -0.2) is 0 Å². The third-order valence-electron chi connectivity index (χ3n) is 7.07. The lowest BCUT2D eigenvalue weighted by atomic mass is 9.90. The predicted molar refractivity (Wildman–Crippen MR) is 135 cm³/mol. The summed E-state index contributed by atoms with van der Waals surface area (Å²) in [6.07, 6.45) is 0.878. The Labute approximate surface area is 196 Å². The van der Waals surface area contributed by atoms with Gasteiger partial charge in [-0.05, 0) is 55.8 Å². The topological polar surface area (TPSA) is 60.1 Å². The van der Waals surface area contributed by atoms with Gasteiger partial charge < -0.3 is 30.1 Å². The Kier molecular flexibility index (Phi) is 6.42. The number of ether oxygens (including phenoxy) is 1. The summed E-state index contributed by atoms with van der Waals surface area (Å²) in [5, 5.41) is 7.20. The molecular weight excluding hydrogens is 414 g/mol. The second-order valence-corrected chi connectivity index (χ2v) is 9.30. The molecule has 0 aliphatic carbocycles. The van der Waals surface area contributed by atoms with Crippen LogP contribution in [0.1, 0.15) is 31.9 Å². The summed E-state index contributed by atoms with van der Waals surface area (Å²) < 4.78 is 5.48. The Balaban J connectivity index is 1.41. The first-order chi connectivity index (χ1) is 16.1. The van der Waals surface area contributed by atoms with Crippen LogP contribution < -0.4 is 25.3 Å². The largest absolute Gasteiger partial charge is 0.378 e. The number of nitrogens with zero attached hydrogens (tertiary/aromatic N) is 3. The number of hydrogen-bond acceptors (Lipinski definition) is 6. The van der Waals surface area contributed by atoms with Crippen molar-refractivity contribution in [2.45, 2.75) is 32.4 Å². The van der Waals surface area contributed by atoms with Crippen molar-refractivity contribution >= 4 is 28.7 Å². The molecule has 2 fully saturated rings. The number of carbonyl (C=O) groups excluding carboxylic acids is 1. The fourth-order valence-corrected chi connectivity index (χ4v) is 5.38. The van der Waals surface area contributed by atoms with Gasteiger partial charge in [-0.15, -0.1) is 0 Å². The summed E-state index contributed by atoms with van der Waals surface area (Å²) in [4.78, 5) is 19.2. The second-order valence-electron chi connectivity index (χ2n) is 9.30. The van der Waals surface area contributed by atoms with E-state index in [2.05, 4.69) is 69.8 Å². The van der Waals surface area contributed by atoms with Gasteiger partial charge in [0.1, 0.15) is 0 Å². The molecule has 0 unspecified atom stereocenters. The van der Waals surface area contributed by atoms with Crippen molar-refractivity contribution in [1.82, 2.24) is 5.32 Å². The minimum Gasteiger partial charge on any atom is -0.378 e. The first kappa shape index (κ1) is 22.0. The predicted octanol–water partition coefficient (Wildman–Crippen LogP) is 3.23. The highest BCUT2D eigenvalue weighted by Crippen LogP contribution is 2.41. The van der Waals surface area contributed by atoms with Gasteiger partial charge in [0.05, 0.1) is 19.3 Å². The van der Waals surface area contributed by atoms with Gasteiger partial charge in [-0.2, -0.15) is 0 Å². The smallest absolute Gasteiger partial charge is 0.224 e. The summed E-state index contributed by atoms with van der Waals surface area (Å²) in [6, 6.07) is 15.6. The molecule has 2 aromatic carbocycles. The molecule has 2 aromatic rings. The standard InChI is InChI=1S/C26H35N5O2/c1-19-17-25(28-21-3-5-22(6-4-21)30-13-15-33-16-14-30)24-18-23(29-11-9-27-10-12-29)7-8-26(24)31(19)20(2)32/h3-8,18-19,25,27-28H,9-17H2,1-2H3/t19-,25+/m0/s1. The molecule has 3 aliphatic rings. The van der Waals surface area contributed by atoms with Crippen molar-refractivity contribution < 1.29 is 9.53 Å². The van der Waals surface area contributed by atoms with Crippen molar-refractivity contribution in [2.75, 3.05) is 72.5 Å². The average Bonchev–Trinajstić information content (AvgIpc) is 2.85. The number of nitrogens with one attached hydrogen (secondary N) is 2. The Bertz CT molecular complexity index is 967. The molecule has 1 amide bonds. The molecule has 7 nitrogen and oxygen atoms in total. The van der Waals surface area contributed by atoms with E-state index in [0.717, 1.165) is 70.3 Å². The zero-order chi connectivity index (χ0) is 22.8. The maximum Gasteiger partial charge on any atom is 0.224 e. The first-order valence-electron chi connectivity index (χ1n) is 12.2. The molecule has 176 valence electrons. The lowest BCUT2D eigenvalue weighted by Gasteiger charge is -2.40. The molecule has 5 rings (SSSR count). The fourth-order valence-electron chi connectivity index (χ4n) is 5.38. The molecule has 3 heterocycles. The van der Waals surface area contributed by atoms with Gasteiger partial charge in [-0.3, -0.25) is 4.79 Å². The highest BCUT2D eigenvalue weighted by atomic mass is 16.5. The molecule has 2 saturated heterocycles. The fraction of sp³-hybridized carbons (Fsp3) is 0.500. The number of morpholine rings is 1. The minimum absolute atomic E-state index is 0.104. The van der Waals surface area contributed by atoms with Crippen LogP contribution in [-0.4, -0.2) is 64.4 Å². The van der Waals surface area contributed by atoms with Crippen LogP contribution in [0.5, 0.6) is 0 Å².